The zero-order valence-corrected chi connectivity index (χ0v) is 11.3. The number of fused-ring (bicyclic) bond motifs is 1. The van der Waals surface area contributed by atoms with Crippen LogP contribution in [0.4, 0.5) is 0 Å². The Bertz CT molecular complexity index is 563. The van der Waals surface area contributed by atoms with Crippen LogP contribution in [0.2, 0.25) is 0 Å². The van der Waals surface area contributed by atoms with Crippen molar-refractivity contribution < 1.29 is 9.59 Å². The van der Waals surface area contributed by atoms with Gasteiger partial charge in [-0.15, -0.1) is 0 Å². The number of rotatable bonds is 2. The normalized spacial score (nSPS) is 26.0. The minimum absolute atomic E-state index is 0.0756. The third-order valence-corrected chi connectivity index (χ3v) is 4.61. The van der Waals surface area contributed by atoms with Gasteiger partial charge in [-0.05, 0) is 37.7 Å². The van der Waals surface area contributed by atoms with Crippen LogP contribution in [0.1, 0.15) is 42.9 Å². The van der Waals surface area contributed by atoms with E-state index >= 15 is 0 Å². The summed E-state index contributed by atoms with van der Waals surface area (Å²) in [4.78, 5) is 28.2. The number of aryl methyl sites for hydroxylation is 1. The molecule has 0 bridgehead atoms. The molecule has 2 aliphatic carbocycles. The number of hydrogen-bond donors (Lipinski definition) is 1. The Labute approximate surface area is 117 Å². The Balaban J connectivity index is 1.53. The number of aromatic amines is 1. The van der Waals surface area contributed by atoms with E-state index in [0.717, 1.165) is 43.4 Å². The lowest BCUT2D eigenvalue weighted by atomic mass is 9.87. The highest BCUT2D eigenvalue weighted by molar-refractivity contribution is 5.91. The molecule has 2 fully saturated rings. The van der Waals surface area contributed by atoms with Crippen LogP contribution < -0.4 is 0 Å². The van der Waals surface area contributed by atoms with Gasteiger partial charge in [0.2, 0.25) is 11.8 Å². The van der Waals surface area contributed by atoms with E-state index in [4.69, 9.17) is 0 Å². The summed E-state index contributed by atoms with van der Waals surface area (Å²) >= 11 is 0. The second kappa shape index (κ2) is 4.33. The molecule has 6 heteroatoms. The van der Waals surface area contributed by atoms with E-state index < -0.39 is 0 Å². The van der Waals surface area contributed by atoms with Gasteiger partial charge in [0.25, 0.3) is 0 Å². The van der Waals surface area contributed by atoms with Gasteiger partial charge >= 0.3 is 0 Å². The van der Waals surface area contributed by atoms with Gasteiger partial charge in [0.05, 0.1) is 24.5 Å². The molecule has 1 aliphatic heterocycles. The van der Waals surface area contributed by atoms with Gasteiger partial charge in [0, 0.05) is 6.04 Å². The zero-order valence-electron chi connectivity index (χ0n) is 11.3. The molecule has 1 unspecified atom stereocenters. The number of carbonyl (C=O) groups is 2. The van der Waals surface area contributed by atoms with Crippen LogP contribution in [0.5, 0.6) is 0 Å². The number of nitrogens with one attached hydrogen (secondary N) is 1. The second-order valence-electron chi connectivity index (χ2n) is 6.03. The number of hydrogen-bond acceptors (Lipinski definition) is 3. The van der Waals surface area contributed by atoms with Crippen LogP contribution >= 0.6 is 0 Å². The topological polar surface area (TPSA) is 69.3 Å². The zero-order chi connectivity index (χ0) is 13.7. The van der Waals surface area contributed by atoms with Crippen molar-refractivity contribution in [2.24, 2.45) is 0 Å². The Hall–Kier alpha value is -1.85. The van der Waals surface area contributed by atoms with Crippen molar-refractivity contribution in [2.45, 2.75) is 44.1 Å². The highest BCUT2D eigenvalue weighted by Crippen LogP contribution is 2.34. The maximum Gasteiger partial charge on any atom is 0.243 e. The van der Waals surface area contributed by atoms with Crippen molar-refractivity contribution in [3.8, 4) is 0 Å². The van der Waals surface area contributed by atoms with E-state index in [9.17, 15) is 9.59 Å². The Morgan fingerprint density at radius 2 is 2.20 bits per heavy atom. The van der Waals surface area contributed by atoms with Gasteiger partial charge in [-0.1, -0.05) is 0 Å². The lowest BCUT2D eigenvalue weighted by molar-refractivity contribution is -0.133. The van der Waals surface area contributed by atoms with Crippen molar-refractivity contribution in [3.63, 3.8) is 0 Å². The van der Waals surface area contributed by atoms with E-state index in [1.807, 2.05) is 11.1 Å². The van der Waals surface area contributed by atoms with Crippen molar-refractivity contribution in [1.29, 1.82) is 0 Å². The predicted octanol–water partition coefficient (Wildman–Crippen LogP) is 0.620. The van der Waals surface area contributed by atoms with Crippen LogP contribution in [0.3, 0.4) is 0 Å². The minimum Gasteiger partial charge on any atom is -0.320 e. The molecule has 0 radical (unpaired) electrons. The number of nitrogens with zero attached hydrogens (tertiary/aromatic N) is 3. The van der Waals surface area contributed by atoms with E-state index in [0.29, 0.717) is 12.7 Å². The van der Waals surface area contributed by atoms with E-state index in [1.165, 1.54) is 0 Å². The first kappa shape index (κ1) is 11.9. The molecular weight excluding hydrogens is 256 g/mol. The fraction of sp³-hybridized carbons (Fsp3) is 0.643. The molecule has 1 atom stereocenters. The molecule has 4 rings (SSSR count). The van der Waals surface area contributed by atoms with Gasteiger partial charge in [-0.3, -0.25) is 14.7 Å². The molecule has 1 aromatic rings. The standard InChI is InChI=1S/C14H18N4O2/c19-12-7-17(8-18(12)10-4-5-10)14(20)11-3-1-2-9-6-15-16-13(9)11/h6,10-11H,1-5,7-8H2,(H,15,16). The molecule has 0 aromatic carbocycles. The summed E-state index contributed by atoms with van der Waals surface area (Å²) in [6, 6.07) is 0.384. The molecule has 6 nitrogen and oxygen atoms in total. The Morgan fingerprint density at radius 1 is 1.35 bits per heavy atom. The third-order valence-electron chi connectivity index (χ3n) is 4.61. The smallest absolute Gasteiger partial charge is 0.243 e. The van der Waals surface area contributed by atoms with Crippen LogP contribution in [0.25, 0.3) is 0 Å². The summed E-state index contributed by atoms with van der Waals surface area (Å²) in [5.41, 5.74) is 2.11. The summed E-state index contributed by atoms with van der Waals surface area (Å²) in [7, 11) is 0. The van der Waals surface area contributed by atoms with Crippen molar-refractivity contribution in [3.05, 3.63) is 17.5 Å². The average molecular weight is 274 g/mol. The number of amides is 2. The van der Waals surface area contributed by atoms with E-state index in [1.54, 1.807) is 4.90 Å². The van der Waals surface area contributed by atoms with Crippen LogP contribution in [-0.4, -0.2) is 51.1 Å². The largest absolute Gasteiger partial charge is 0.320 e. The van der Waals surface area contributed by atoms with Gasteiger partial charge in [0.15, 0.2) is 0 Å². The highest BCUT2D eigenvalue weighted by atomic mass is 16.2. The maximum atomic E-state index is 12.7. The second-order valence-corrected chi connectivity index (χ2v) is 6.03. The fourth-order valence-corrected chi connectivity index (χ4v) is 3.35. The summed E-state index contributed by atoms with van der Waals surface area (Å²) in [6.45, 7) is 0.720. The average Bonchev–Trinajstić information content (AvgIpc) is 3.04. The van der Waals surface area contributed by atoms with Crippen LogP contribution in [0.15, 0.2) is 6.20 Å². The van der Waals surface area contributed by atoms with Gasteiger partial charge in [0.1, 0.15) is 6.54 Å². The molecule has 106 valence electrons. The first-order valence-corrected chi connectivity index (χ1v) is 7.34. The van der Waals surface area contributed by atoms with E-state index in [2.05, 4.69) is 10.2 Å². The van der Waals surface area contributed by atoms with E-state index in [-0.39, 0.29) is 24.3 Å². The SMILES string of the molecule is O=C(C1CCCc2cn[nH]c21)N1CC(=O)N(C2CC2)C1. The molecule has 1 N–H and O–H groups in total. The summed E-state index contributed by atoms with van der Waals surface area (Å²) in [5.74, 6) is 0.0291. The summed E-state index contributed by atoms with van der Waals surface area (Å²) in [6.07, 6.45) is 6.84. The number of carbonyl (C=O) groups excluding carboxylic acids is 2. The monoisotopic (exact) mass is 274 g/mol. The maximum absolute atomic E-state index is 12.7. The molecule has 2 amide bonds. The molecule has 0 spiro atoms. The lowest BCUT2D eigenvalue weighted by Crippen LogP contribution is -2.36. The first-order valence-electron chi connectivity index (χ1n) is 7.34. The van der Waals surface area contributed by atoms with Crippen LogP contribution in [-0.2, 0) is 16.0 Å². The van der Waals surface area contributed by atoms with Crippen molar-refractivity contribution >= 4 is 11.8 Å². The van der Waals surface area contributed by atoms with Gasteiger partial charge < -0.3 is 9.80 Å². The number of H-pyrrole nitrogens is 1. The summed E-state index contributed by atoms with van der Waals surface area (Å²) < 4.78 is 0. The quantitative estimate of drug-likeness (QED) is 0.859. The predicted molar refractivity (Wildman–Crippen MR) is 70.7 cm³/mol. The highest BCUT2D eigenvalue weighted by Gasteiger charge is 2.42. The third kappa shape index (κ3) is 1.82. The lowest BCUT2D eigenvalue weighted by Gasteiger charge is -2.25. The molecule has 3 aliphatic rings. The minimum atomic E-state index is -0.145. The molecule has 1 saturated carbocycles. The summed E-state index contributed by atoms with van der Waals surface area (Å²) in [5, 5.41) is 7.03. The molecule has 20 heavy (non-hydrogen) atoms. The Morgan fingerprint density at radius 3 is 3.00 bits per heavy atom. The number of aromatic nitrogens is 2. The molecule has 2 heterocycles. The van der Waals surface area contributed by atoms with Gasteiger partial charge in [-0.25, -0.2) is 0 Å². The van der Waals surface area contributed by atoms with Gasteiger partial charge in [-0.2, -0.15) is 5.10 Å². The molecule has 1 aromatic heterocycles. The van der Waals surface area contributed by atoms with Crippen molar-refractivity contribution in [1.82, 2.24) is 20.0 Å². The van der Waals surface area contributed by atoms with Crippen molar-refractivity contribution in [2.75, 3.05) is 13.2 Å². The fourth-order valence-electron chi connectivity index (χ4n) is 3.35. The molecule has 1 saturated heterocycles. The Kier molecular flexibility index (Phi) is 2.58. The van der Waals surface area contributed by atoms with Crippen LogP contribution in [0, 0.1) is 0 Å². The molecular formula is C14H18N4O2. The first-order chi connectivity index (χ1) is 9.74.